The molecule has 19 heavy (non-hydrogen) atoms. The summed E-state index contributed by atoms with van der Waals surface area (Å²) in [7, 11) is 0. The van der Waals surface area contributed by atoms with Gasteiger partial charge in [0.1, 0.15) is 5.60 Å². The van der Waals surface area contributed by atoms with Crippen molar-refractivity contribution in [3.8, 4) is 0 Å². The molecule has 0 radical (unpaired) electrons. The Morgan fingerprint density at radius 2 is 2.00 bits per heavy atom. The summed E-state index contributed by atoms with van der Waals surface area (Å²) < 4.78 is 10.9. The first-order valence-electron chi connectivity index (χ1n) is 6.93. The summed E-state index contributed by atoms with van der Waals surface area (Å²) in [6, 6.07) is 0.101. The fourth-order valence-corrected chi connectivity index (χ4v) is 3.24. The van der Waals surface area contributed by atoms with Crippen LogP contribution in [0.25, 0.3) is 0 Å². The van der Waals surface area contributed by atoms with Crippen molar-refractivity contribution in [2.75, 3.05) is 13.2 Å². The molecule has 0 spiro atoms. The predicted octanol–water partition coefficient (Wildman–Crippen LogP) is 1.65. The first-order chi connectivity index (χ1) is 8.58. The maximum atomic E-state index is 12.0. The van der Waals surface area contributed by atoms with E-state index in [1.807, 2.05) is 20.8 Å². The lowest BCUT2D eigenvalue weighted by Gasteiger charge is -2.32. The summed E-state index contributed by atoms with van der Waals surface area (Å²) >= 11 is 0. The van der Waals surface area contributed by atoms with Crippen LogP contribution >= 0.6 is 0 Å². The van der Waals surface area contributed by atoms with Gasteiger partial charge in [-0.25, -0.2) is 4.79 Å². The lowest BCUT2D eigenvalue weighted by molar-refractivity contribution is 0.0410. The van der Waals surface area contributed by atoms with Crippen molar-refractivity contribution in [2.24, 2.45) is 17.1 Å². The summed E-state index contributed by atoms with van der Waals surface area (Å²) in [5.74, 6) is 0.245. The van der Waals surface area contributed by atoms with Crippen LogP contribution in [0.2, 0.25) is 0 Å². The van der Waals surface area contributed by atoms with E-state index < -0.39 is 5.60 Å². The van der Waals surface area contributed by atoms with Crippen LogP contribution in [0.3, 0.4) is 0 Å². The molecule has 0 aromatic carbocycles. The molecular formula is C14H26N2O3. The second kappa shape index (κ2) is 4.35. The van der Waals surface area contributed by atoms with E-state index in [0.29, 0.717) is 13.2 Å². The monoisotopic (exact) mass is 270 g/mol. The summed E-state index contributed by atoms with van der Waals surface area (Å²) in [5, 5.41) is 3.03. The number of rotatable bonds is 2. The van der Waals surface area contributed by atoms with Gasteiger partial charge in [-0.3, -0.25) is 0 Å². The zero-order chi connectivity index (χ0) is 14.5. The molecule has 1 unspecified atom stereocenters. The molecule has 0 aromatic rings. The quantitative estimate of drug-likeness (QED) is 0.800. The summed E-state index contributed by atoms with van der Waals surface area (Å²) in [4.78, 5) is 12.0. The molecule has 1 aliphatic carbocycles. The zero-order valence-electron chi connectivity index (χ0n) is 12.6. The molecule has 1 aliphatic heterocycles. The summed E-state index contributed by atoms with van der Waals surface area (Å²) in [6.45, 7) is 11.0. The topological polar surface area (TPSA) is 73.6 Å². The second-order valence-corrected chi connectivity index (χ2v) is 7.41. The number of nitrogens with two attached hydrogens (primary N) is 1. The van der Waals surface area contributed by atoms with Crippen LogP contribution in [0.5, 0.6) is 0 Å². The van der Waals surface area contributed by atoms with Gasteiger partial charge in [0.15, 0.2) is 0 Å². The van der Waals surface area contributed by atoms with Gasteiger partial charge in [0, 0.05) is 18.6 Å². The van der Waals surface area contributed by atoms with Crippen molar-refractivity contribution < 1.29 is 14.3 Å². The van der Waals surface area contributed by atoms with Gasteiger partial charge in [-0.1, -0.05) is 13.8 Å². The molecule has 5 nitrogen and oxygen atoms in total. The summed E-state index contributed by atoms with van der Waals surface area (Å²) in [6.07, 6.45) is 0.418. The van der Waals surface area contributed by atoms with Gasteiger partial charge in [0.25, 0.3) is 0 Å². The van der Waals surface area contributed by atoms with E-state index in [2.05, 4.69) is 19.2 Å². The Balaban J connectivity index is 2.08. The van der Waals surface area contributed by atoms with E-state index in [1.165, 1.54) is 0 Å². The average Bonchev–Trinajstić information content (AvgIpc) is 2.59. The Kier molecular flexibility index (Phi) is 3.34. The molecule has 2 aliphatic rings. The molecule has 2 rings (SSSR count). The Morgan fingerprint density at radius 3 is 2.37 bits per heavy atom. The van der Waals surface area contributed by atoms with E-state index in [0.717, 1.165) is 6.42 Å². The summed E-state index contributed by atoms with van der Waals surface area (Å²) in [5.41, 5.74) is 5.35. The van der Waals surface area contributed by atoms with Crippen LogP contribution < -0.4 is 11.1 Å². The number of carbonyl (C=O) groups is 1. The Labute approximate surface area is 115 Å². The van der Waals surface area contributed by atoms with Crippen molar-refractivity contribution in [1.29, 1.82) is 0 Å². The minimum Gasteiger partial charge on any atom is -0.444 e. The van der Waals surface area contributed by atoms with Crippen molar-refractivity contribution in [3.05, 3.63) is 0 Å². The Hall–Kier alpha value is -0.810. The first-order valence-corrected chi connectivity index (χ1v) is 6.93. The molecule has 3 atom stereocenters. The number of amides is 1. The Morgan fingerprint density at radius 1 is 1.42 bits per heavy atom. The molecule has 0 bridgehead atoms. The van der Waals surface area contributed by atoms with Crippen LogP contribution in [-0.2, 0) is 9.47 Å². The highest BCUT2D eigenvalue weighted by atomic mass is 16.6. The minimum absolute atomic E-state index is 0.0444. The van der Waals surface area contributed by atoms with Gasteiger partial charge in [-0.2, -0.15) is 0 Å². The van der Waals surface area contributed by atoms with Crippen molar-refractivity contribution in [1.82, 2.24) is 5.32 Å². The van der Waals surface area contributed by atoms with E-state index >= 15 is 0 Å². The molecule has 1 saturated heterocycles. The molecule has 1 amide bonds. The van der Waals surface area contributed by atoms with Gasteiger partial charge >= 0.3 is 6.09 Å². The number of nitrogens with one attached hydrogen (secondary N) is 1. The molecule has 5 heteroatoms. The molecule has 2 fully saturated rings. The molecular weight excluding hydrogens is 244 g/mol. The maximum absolute atomic E-state index is 12.0. The smallest absolute Gasteiger partial charge is 0.408 e. The van der Waals surface area contributed by atoms with Crippen LogP contribution in [0.1, 0.15) is 41.0 Å². The van der Waals surface area contributed by atoms with Gasteiger partial charge in [0.2, 0.25) is 0 Å². The van der Waals surface area contributed by atoms with Crippen molar-refractivity contribution in [2.45, 2.75) is 58.2 Å². The first kappa shape index (κ1) is 14.6. The normalized spacial score (nSPS) is 36.9. The van der Waals surface area contributed by atoms with Crippen molar-refractivity contribution in [3.63, 3.8) is 0 Å². The molecule has 0 aromatic heterocycles. The van der Waals surface area contributed by atoms with E-state index in [4.69, 9.17) is 15.2 Å². The predicted molar refractivity (Wildman–Crippen MR) is 72.8 cm³/mol. The third-order valence-corrected chi connectivity index (χ3v) is 4.31. The Bertz CT molecular complexity index is 367. The SMILES string of the molecule is CC(C)(C)OC(=O)NC1([C@@H]2[C@@H](N)C2(C)C)CCOC1. The lowest BCUT2D eigenvalue weighted by Crippen LogP contribution is -2.54. The third kappa shape index (κ3) is 2.72. The minimum atomic E-state index is -0.494. The van der Waals surface area contributed by atoms with E-state index in [1.54, 1.807) is 0 Å². The third-order valence-electron chi connectivity index (χ3n) is 4.31. The average molecular weight is 270 g/mol. The number of hydrogen-bond acceptors (Lipinski definition) is 4. The molecule has 1 saturated carbocycles. The largest absolute Gasteiger partial charge is 0.444 e. The van der Waals surface area contributed by atoms with Gasteiger partial charge in [-0.05, 0) is 32.6 Å². The standard InChI is InChI=1S/C14H26N2O3/c1-12(2,3)19-11(17)16-14(6-7-18-8-14)9-10(15)13(9,4)5/h9-10H,6-8,15H2,1-5H3,(H,16,17)/t9-,10-,14?/m1/s1. The number of alkyl carbamates (subject to hydrolysis) is 1. The highest BCUT2D eigenvalue weighted by molar-refractivity contribution is 5.69. The molecule has 110 valence electrons. The van der Waals surface area contributed by atoms with Crippen LogP contribution in [-0.4, -0.2) is 36.5 Å². The number of carbonyl (C=O) groups excluding carboxylic acids is 1. The van der Waals surface area contributed by atoms with Crippen molar-refractivity contribution >= 4 is 6.09 Å². The molecule has 1 heterocycles. The van der Waals surface area contributed by atoms with Gasteiger partial charge < -0.3 is 20.5 Å². The van der Waals surface area contributed by atoms with E-state index in [9.17, 15) is 4.79 Å². The van der Waals surface area contributed by atoms with Gasteiger partial charge in [-0.15, -0.1) is 0 Å². The lowest BCUT2D eigenvalue weighted by atomic mass is 9.88. The van der Waals surface area contributed by atoms with Crippen LogP contribution in [0.4, 0.5) is 4.79 Å². The van der Waals surface area contributed by atoms with Crippen LogP contribution in [0.15, 0.2) is 0 Å². The van der Waals surface area contributed by atoms with Gasteiger partial charge in [0.05, 0.1) is 12.1 Å². The highest BCUT2D eigenvalue weighted by Crippen LogP contribution is 2.57. The second-order valence-electron chi connectivity index (χ2n) is 7.41. The molecule has 3 N–H and O–H groups in total. The number of hydrogen-bond donors (Lipinski definition) is 2. The fourth-order valence-electron chi connectivity index (χ4n) is 3.24. The van der Waals surface area contributed by atoms with Crippen LogP contribution in [0, 0.1) is 11.3 Å². The number of ether oxygens (including phenoxy) is 2. The highest BCUT2D eigenvalue weighted by Gasteiger charge is 2.66. The fraction of sp³-hybridized carbons (Fsp3) is 0.929. The van der Waals surface area contributed by atoms with E-state index in [-0.39, 0.29) is 29.0 Å². The zero-order valence-corrected chi connectivity index (χ0v) is 12.6. The maximum Gasteiger partial charge on any atom is 0.408 e.